The third-order valence-electron chi connectivity index (χ3n) is 1.91. The summed E-state index contributed by atoms with van der Waals surface area (Å²) in [5, 5.41) is 3.27. The summed E-state index contributed by atoms with van der Waals surface area (Å²) in [7, 11) is 0. The van der Waals surface area contributed by atoms with Crippen molar-refractivity contribution < 1.29 is 9.15 Å². The van der Waals surface area contributed by atoms with Crippen molar-refractivity contribution in [1.82, 2.24) is 5.32 Å². The molecule has 3 heteroatoms. The highest BCUT2D eigenvalue weighted by Crippen LogP contribution is 2.06. The molecule has 0 radical (unpaired) electrons. The summed E-state index contributed by atoms with van der Waals surface area (Å²) in [5.74, 6) is 1.93. The van der Waals surface area contributed by atoms with Gasteiger partial charge in [0.1, 0.15) is 11.5 Å². The number of hydrogen-bond donors (Lipinski definition) is 1. The number of ether oxygens (including phenoxy) is 1. The van der Waals surface area contributed by atoms with Gasteiger partial charge in [-0.25, -0.2) is 0 Å². The van der Waals surface area contributed by atoms with E-state index in [0.29, 0.717) is 0 Å². The summed E-state index contributed by atoms with van der Waals surface area (Å²) >= 11 is 0. The van der Waals surface area contributed by atoms with Gasteiger partial charge in [0.2, 0.25) is 0 Å². The number of rotatable bonds is 5. The molecule has 1 rings (SSSR count). The average molecular weight is 211 g/mol. The van der Waals surface area contributed by atoms with Crippen molar-refractivity contribution in [2.75, 3.05) is 13.2 Å². The molecule has 0 atom stereocenters. The topological polar surface area (TPSA) is 34.4 Å². The second kappa shape index (κ2) is 5.33. The summed E-state index contributed by atoms with van der Waals surface area (Å²) in [5.41, 5.74) is -0.0526. The maximum atomic E-state index is 5.58. The van der Waals surface area contributed by atoms with Gasteiger partial charge in [0.05, 0.1) is 18.8 Å². The van der Waals surface area contributed by atoms with Crippen LogP contribution in [0.2, 0.25) is 0 Å². The Morgan fingerprint density at radius 1 is 1.33 bits per heavy atom. The maximum absolute atomic E-state index is 5.58. The van der Waals surface area contributed by atoms with Crippen molar-refractivity contribution in [3.63, 3.8) is 0 Å². The van der Waals surface area contributed by atoms with Gasteiger partial charge in [-0.15, -0.1) is 0 Å². The molecule has 1 N–H and O–H groups in total. The Morgan fingerprint density at radius 2 is 2.07 bits per heavy atom. The van der Waals surface area contributed by atoms with Crippen molar-refractivity contribution in [2.45, 2.75) is 39.8 Å². The van der Waals surface area contributed by atoms with E-state index < -0.39 is 0 Å². The predicted molar refractivity (Wildman–Crippen MR) is 60.9 cm³/mol. The van der Waals surface area contributed by atoms with E-state index >= 15 is 0 Å². The van der Waals surface area contributed by atoms with Crippen LogP contribution in [-0.2, 0) is 11.3 Å². The molecule has 0 aliphatic rings. The summed E-state index contributed by atoms with van der Waals surface area (Å²) < 4.78 is 11.0. The molecule has 15 heavy (non-hydrogen) atoms. The highest BCUT2D eigenvalue weighted by atomic mass is 16.5. The molecular formula is C12H21NO2. The second-order valence-corrected chi connectivity index (χ2v) is 4.65. The van der Waals surface area contributed by atoms with Gasteiger partial charge in [0, 0.05) is 6.54 Å². The zero-order valence-corrected chi connectivity index (χ0v) is 10.1. The monoisotopic (exact) mass is 211 g/mol. The molecule has 1 heterocycles. The summed E-state index contributed by atoms with van der Waals surface area (Å²) in [6.45, 7) is 10.5. The normalized spacial score (nSPS) is 12.0. The van der Waals surface area contributed by atoms with E-state index in [-0.39, 0.29) is 5.60 Å². The molecule has 1 aromatic heterocycles. The molecule has 0 saturated heterocycles. The molecule has 1 aromatic rings. The molecule has 0 saturated carbocycles. The van der Waals surface area contributed by atoms with Gasteiger partial charge >= 0.3 is 0 Å². The molecule has 86 valence electrons. The molecule has 0 aliphatic heterocycles. The lowest BCUT2D eigenvalue weighted by atomic mass is 10.2. The standard InChI is InChI=1S/C12H21NO2/c1-10-5-6-11(15-10)9-13-7-8-14-12(2,3)4/h5-6,13H,7-9H2,1-4H3. The number of hydrogen-bond acceptors (Lipinski definition) is 3. The van der Waals surface area contributed by atoms with Gasteiger partial charge in [0.15, 0.2) is 0 Å². The first-order valence-electron chi connectivity index (χ1n) is 5.37. The highest BCUT2D eigenvalue weighted by molar-refractivity contribution is 5.04. The Hall–Kier alpha value is -0.800. The fraction of sp³-hybridized carbons (Fsp3) is 0.667. The van der Waals surface area contributed by atoms with Gasteiger partial charge in [-0.3, -0.25) is 0 Å². The van der Waals surface area contributed by atoms with Crippen LogP contribution in [0.25, 0.3) is 0 Å². The van der Waals surface area contributed by atoms with Gasteiger partial charge in [0.25, 0.3) is 0 Å². The Balaban J connectivity index is 2.07. The second-order valence-electron chi connectivity index (χ2n) is 4.65. The first-order chi connectivity index (χ1) is 6.97. The van der Waals surface area contributed by atoms with Crippen molar-refractivity contribution in [1.29, 1.82) is 0 Å². The Kier molecular flexibility index (Phi) is 4.36. The van der Waals surface area contributed by atoms with E-state index in [4.69, 9.17) is 9.15 Å². The molecule has 0 aromatic carbocycles. The first-order valence-corrected chi connectivity index (χ1v) is 5.37. The maximum Gasteiger partial charge on any atom is 0.117 e. The van der Waals surface area contributed by atoms with Crippen LogP contribution in [0.5, 0.6) is 0 Å². The quantitative estimate of drug-likeness (QED) is 0.760. The number of aryl methyl sites for hydroxylation is 1. The van der Waals surface area contributed by atoms with Crippen LogP contribution >= 0.6 is 0 Å². The van der Waals surface area contributed by atoms with Gasteiger partial charge in [-0.05, 0) is 39.8 Å². The van der Waals surface area contributed by atoms with Crippen LogP contribution in [-0.4, -0.2) is 18.8 Å². The third kappa shape index (κ3) is 5.60. The minimum atomic E-state index is -0.0526. The molecule has 0 bridgehead atoms. The average Bonchev–Trinajstić information content (AvgIpc) is 2.49. The van der Waals surface area contributed by atoms with E-state index in [2.05, 4.69) is 26.1 Å². The van der Waals surface area contributed by atoms with E-state index in [1.807, 2.05) is 19.1 Å². The minimum absolute atomic E-state index is 0.0526. The predicted octanol–water partition coefficient (Wildman–Crippen LogP) is 2.49. The fourth-order valence-electron chi connectivity index (χ4n) is 1.22. The Morgan fingerprint density at radius 3 is 2.60 bits per heavy atom. The van der Waals surface area contributed by atoms with Gasteiger partial charge < -0.3 is 14.5 Å². The van der Waals surface area contributed by atoms with E-state index in [0.717, 1.165) is 31.2 Å². The Bertz CT molecular complexity index is 286. The molecule has 0 spiro atoms. The number of furan rings is 1. The van der Waals surface area contributed by atoms with E-state index in [1.165, 1.54) is 0 Å². The van der Waals surface area contributed by atoms with Crippen molar-refractivity contribution in [3.05, 3.63) is 23.7 Å². The molecule has 0 aliphatic carbocycles. The fourth-order valence-corrected chi connectivity index (χ4v) is 1.22. The number of nitrogens with one attached hydrogen (secondary N) is 1. The zero-order chi connectivity index (χ0) is 11.3. The molecular weight excluding hydrogens is 190 g/mol. The lowest BCUT2D eigenvalue weighted by Gasteiger charge is -2.19. The van der Waals surface area contributed by atoms with Gasteiger partial charge in [-0.1, -0.05) is 0 Å². The van der Waals surface area contributed by atoms with E-state index in [9.17, 15) is 0 Å². The summed E-state index contributed by atoms with van der Waals surface area (Å²) in [6.07, 6.45) is 0. The van der Waals surface area contributed by atoms with Crippen LogP contribution in [0.1, 0.15) is 32.3 Å². The molecule has 0 amide bonds. The molecule has 3 nitrogen and oxygen atoms in total. The lowest BCUT2D eigenvalue weighted by molar-refractivity contribution is -0.000986. The SMILES string of the molecule is Cc1ccc(CNCCOC(C)(C)C)o1. The van der Waals surface area contributed by atoms with Crippen LogP contribution in [0.3, 0.4) is 0 Å². The highest BCUT2D eigenvalue weighted by Gasteiger charge is 2.08. The third-order valence-corrected chi connectivity index (χ3v) is 1.91. The largest absolute Gasteiger partial charge is 0.465 e. The van der Waals surface area contributed by atoms with Crippen molar-refractivity contribution >= 4 is 0 Å². The van der Waals surface area contributed by atoms with Crippen molar-refractivity contribution in [2.24, 2.45) is 0 Å². The molecule has 0 fully saturated rings. The van der Waals surface area contributed by atoms with Crippen LogP contribution in [0.4, 0.5) is 0 Å². The zero-order valence-electron chi connectivity index (χ0n) is 10.1. The van der Waals surface area contributed by atoms with E-state index in [1.54, 1.807) is 0 Å². The lowest BCUT2D eigenvalue weighted by Crippen LogP contribution is -2.26. The van der Waals surface area contributed by atoms with Crippen LogP contribution in [0.15, 0.2) is 16.5 Å². The first kappa shape index (κ1) is 12.3. The molecule has 0 unspecified atom stereocenters. The minimum Gasteiger partial charge on any atom is -0.465 e. The van der Waals surface area contributed by atoms with Crippen molar-refractivity contribution in [3.8, 4) is 0 Å². The van der Waals surface area contributed by atoms with Gasteiger partial charge in [-0.2, -0.15) is 0 Å². The smallest absolute Gasteiger partial charge is 0.117 e. The summed E-state index contributed by atoms with van der Waals surface area (Å²) in [4.78, 5) is 0. The summed E-state index contributed by atoms with van der Waals surface area (Å²) in [6, 6.07) is 3.97. The van der Waals surface area contributed by atoms with Crippen LogP contribution < -0.4 is 5.32 Å². The Labute approximate surface area is 91.8 Å². The van der Waals surface area contributed by atoms with Crippen LogP contribution in [0, 0.1) is 6.92 Å².